The molecule has 2 saturated heterocycles. The molecule has 3 aliphatic heterocycles. The molecule has 10 heteroatoms. The zero-order chi connectivity index (χ0) is 23.2. The van der Waals surface area contributed by atoms with Crippen LogP contribution in [0.15, 0.2) is 10.6 Å². The van der Waals surface area contributed by atoms with E-state index in [1.165, 1.54) is 16.7 Å². The maximum absolute atomic E-state index is 12.9. The zero-order valence-electron chi connectivity index (χ0n) is 18.6. The van der Waals surface area contributed by atoms with Crippen LogP contribution in [0.4, 0.5) is 0 Å². The lowest BCUT2D eigenvalue weighted by Gasteiger charge is -2.47. The van der Waals surface area contributed by atoms with Crippen LogP contribution in [0.2, 0.25) is 0 Å². The molecule has 0 radical (unpaired) electrons. The number of fused-ring (bicyclic) bond motifs is 1. The van der Waals surface area contributed by atoms with Crippen molar-refractivity contribution in [3.63, 3.8) is 0 Å². The summed E-state index contributed by atoms with van der Waals surface area (Å²) in [5.41, 5.74) is 5.72. The van der Waals surface area contributed by atoms with Crippen LogP contribution >= 0.6 is 11.8 Å². The summed E-state index contributed by atoms with van der Waals surface area (Å²) in [4.78, 5) is 52.9. The number of Topliss-reactive ketones (excluding diaryl/α,β-unsaturated/α-hetero) is 1. The van der Waals surface area contributed by atoms with Gasteiger partial charge < -0.3 is 26.0 Å². The topological polar surface area (TPSA) is 133 Å². The van der Waals surface area contributed by atoms with E-state index in [2.05, 4.69) is 5.32 Å². The number of nitrogens with one attached hydrogen (secondary N) is 1. The first-order valence-electron chi connectivity index (χ1n) is 10.7. The fraction of sp³-hybridized carbons (Fsp3) is 0.714. The average Bonchev–Trinajstić information content (AvgIpc) is 3.23. The number of aliphatic carboxylic acids is 1. The Kier molecular flexibility index (Phi) is 6.83. The lowest BCUT2D eigenvalue weighted by molar-refractivity contribution is -0.160. The maximum atomic E-state index is 12.9. The van der Waals surface area contributed by atoms with Crippen LogP contribution in [-0.4, -0.2) is 82.5 Å². The van der Waals surface area contributed by atoms with Crippen molar-refractivity contribution < 1.29 is 24.3 Å². The number of carbonyl (C=O) groups is 4. The molecule has 31 heavy (non-hydrogen) atoms. The number of carboxylic acid groups (broad SMARTS) is 1. The molecule has 0 bridgehead atoms. The van der Waals surface area contributed by atoms with Crippen LogP contribution in [0.3, 0.4) is 0 Å². The fourth-order valence-electron chi connectivity index (χ4n) is 4.87. The standard InChI is InChI=1S/C21H32N4O5S/c1-9(6-14(26)11(3)22)15-16-10(2)18(17(21(29)30)25(16)20(15)28)31-12-7-13(23-8-12)19(27)24(4)5/h9-13,15-16,23H,6-8,22H2,1-5H3,(H,29,30)/t9-,10+,11+,12-,13-,15+,16+/m0/s1. The number of thioether (sulfide) groups is 1. The number of rotatable bonds is 8. The van der Waals surface area contributed by atoms with Gasteiger partial charge in [0, 0.05) is 43.1 Å². The number of likely N-dealkylation sites (N-methyl/N-ethyl adjacent to an activating group) is 1. The van der Waals surface area contributed by atoms with E-state index in [0.29, 0.717) is 17.9 Å². The van der Waals surface area contributed by atoms with Gasteiger partial charge in [-0.2, -0.15) is 0 Å². The molecule has 0 unspecified atom stereocenters. The average molecular weight is 453 g/mol. The first-order chi connectivity index (χ1) is 14.5. The monoisotopic (exact) mass is 452 g/mol. The van der Waals surface area contributed by atoms with Crippen LogP contribution < -0.4 is 11.1 Å². The Hall–Kier alpha value is -1.91. The third-order valence-corrected chi connectivity index (χ3v) is 8.07. The van der Waals surface area contributed by atoms with E-state index in [-0.39, 0.29) is 58.9 Å². The minimum Gasteiger partial charge on any atom is -0.477 e. The van der Waals surface area contributed by atoms with Crippen LogP contribution in [0.5, 0.6) is 0 Å². The SMILES string of the molecule is C[C@@H](N)C(=O)C[C@H](C)[C@H]1C(=O)N2C(C(=O)O)=C(S[C@@H]3CN[C@H](C(=O)N(C)C)C3)[C@H](C)[C@H]12. The first-order valence-corrected chi connectivity index (χ1v) is 11.5. The van der Waals surface area contributed by atoms with Gasteiger partial charge in [-0.1, -0.05) is 13.8 Å². The van der Waals surface area contributed by atoms with Gasteiger partial charge in [0.05, 0.1) is 24.0 Å². The summed E-state index contributed by atoms with van der Waals surface area (Å²) in [5.74, 6) is -2.19. The zero-order valence-corrected chi connectivity index (χ0v) is 19.4. The van der Waals surface area contributed by atoms with Crippen molar-refractivity contribution in [2.45, 2.75) is 57.0 Å². The number of nitrogens with two attached hydrogens (primary N) is 1. The Labute approximate surface area is 186 Å². The molecule has 4 N–H and O–H groups in total. The summed E-state index contributed by atoms with van der Waals surface area (Å²) in [6.45, 7) is 6.03. The maximum Gasteiger partial charge on any atom is 0.353 e. The Balaban J connectivity index is 1.75. The van der Waals surface area contributed by atoms with Gasteiger partial charge in [0.2, 0.25) is 11.8 Å². The molecule has 3 rings (SSSR count). The first kappa shape index (κ1) is 23.7. The lowest BCUT2D eigenvalue weighted by atomic mass is 9.73. The van der Waals surface area contributed by atoms with E-state index in [1.54, 1.807) is 25.9 Å². The van der Waals surface area contributed by atoms with E-state index in [0.717, 1.165) is 0 Å². The smallest absolute Gasteiger partial charge is 0.353 e. The number of amides is 2. The largest absolute Gasteiger partial charge is 0.477 e. The minimum absolute atomic E-state index is 0.00157. The van der Waals surface area contributed by atoms with Gasteiger partial charge >= 0.3 is 5.97 Å². The molecule has 0 aliphatic carbocycles. The predicted octanol–water partition coefficient (Wildman–Crippen LogP) is 0.254. The summed E-state index contributed by atoms with van der Waals surface area (Å²) < 4.78 is 0. The molecule has 3 aliphatic rings. The number of hydrogen-bond donors (Lipinski definition) is 3. The number of β-lactam (4-membered cyclic amide) rings is 1. The number of ketones is 1. The molecular weight excluding hydrogens is 420 g/mol. The predicted molar refractivity (Wildman–Crippen MR) is 117 cm³/mol. The van der Waals surface area contributed by atoms with E-state index >= 15 is 0 Å². The van der Waals surface area contributed by atoms with Crippen LogP contribution in [-0.2, 0) is 19.2 Å². The van der Waals surface area contributed by atoms with E-state index in [1.807, 2.05) is 13.8 Å². The summed E-state index contributed by atoms with van der Waals surface area (Å²) >= 11 is 1.46. The summed E-state index contributed by atoms with van der Waals surface area (Å²) in [6, 6.07) is -1.12. The van der Waals surface area contributed by atoms with Crippen molar-refractivity contribution in [3.05, 3.63) is 10.6 Å². The normalized spacial score (nSPS) is 31.9. The highest BCUT2D eigenvalue weighted by molar-refractivity contribution is 8.03. The molecule has 0 saturated carbocycles. The fourth-order valence-corrected chi connectivity index (χ4v) is 6.35. The lowest BCUT2D eigenvalue weighted by Crippen LogP contribution is -2.62. The molecule has 2 fully saturated rings. The van der Waals surface area contributed by atoms with Crippen molar-refractivity contribution in [1.29, 1.82) is 0 Å². The van der Waals surface area contributed by atoms with E-state index < -0.39 is 17.9 Å². The van der Waals surface area contributed by atoms with Crippen LogP contribution in [0.25, 0.3) is 0 Å². The number of hydrogen-bond acceptors (Lipinski definition) is 7. The number of carboxylic acids is 1. The second kappa shape index (κ2) is 8.91. The second-order valence-electron chi connectivity index (χ2n) is 9.14. The highest BCUT2D eigenvalue weighted by Gasteiger charge is 2.60. The summed E-state index contributed by atoms with van der Waals surface area (Å²) in [5, 5.41) is 13.1. The van der Waals surface area contributed by atoms with Crippen LogP contribution in [0, 0.1) is 17.8 Å². The van der Waals surface area contributed by atoms with E-state index in [9.17, 15) is 24.3 Å². The molecule has 9 nitrogen and oxygen atoms in total. The summed E-state index contributed by atoms with van der Waals surface area (Å²) in [7, 11) is 3.42. The third kappa shape index (κ3) is 4.25. The van der Waals surface area contributed by atoms with Gasteiger partial charge in [-0.3, -0.25) is 14.4 Å². The van der Waals surface area contributed by atoms with Crippen molar-refractivity contribution >= 4 is 35.3 Å². The van der Waals surface area contributed by atoms with Crippen molar-refractivity contribution in [3.8, 4) is 0 Å². The third-order valence-electron chi connectivity index (χ3n) is 6.56. The molecule has 7 atom stereocenters. The Bertz CT molecular complexity index is 827. The molecule has 0 aromatic rings. The minimum atomic E-state index is -1.12. The van der Waals surface area contributed by atoms with Crippen molar-refractivity contribution in [1.82, 2.24) is 15.1 Å². The number of nitrogens with zero attached hydrogens (tertiary/aromatic N) is 2. The quantitative estimate of drug-likeness (QED) is 0.447. The molecule has 0 aromatic heterocycles. The van der Waals surface area contributed by atoms with Gasteiger partial charge in [0.1, 0.15) is 11.5 Å². The molecule has 0 aromatic carbocycles. The highest BCUT2D eigenvalue weighted by Crippen LogP contribution is 2.53. The van der Waals surface area contributed by atoms with Crippen molar-refractivity contribution in [2.75, 3.05) is 20.6 Å². The second-order valence-corrected chi connectivity index (χ2v) is 10.5. The molecule has 2 amide bonds. The van der Waals surface area contributed by atoms with Gasteiger partial charge in [-0.15, -0.1) is 11.8 Å². The Morgan fingerprint density at radius 1 is 1.32 bits per heavy atom. The number of carbonyl (C=O) groups excluding carboxylic acids is 3. The van der Waals surface area contributed by atoms with Crippen molar-refractivity contribution in [2.24, 2.45) is 23.5 Å². The highest BCUT2D eigenvalue weighted by atomic mass is 32.2. The Morgan fingerprint density at radius 3 is 2.52 bits per heavy atom. The Morgan fingerprint density at radius 2 is 1.97 bits per heavy atom. The van der Waals surface area contributed by atoms with Gasteiger partial charge in [0.25, 0.3) is 0 Å². The molecule has 172 valence electrons. The van der Waals surface area contributed by atoms with Gasteiger partial charge in [0.15, 0.2) is 0 Å². The molecule has 0 spiro atoms. The van der Waals surface area contributed by atoms with Gasteiger partial charge in [-0.05, 0) is 19.3 Å². The van der Waals surface area contributed by atoms with Gasteiger partial charge in [-0.25, -0.2) is 4.79 Å². The van der Waals surface area contributed by atoms with E-state index in [4.69, 9.17) is 5.73 Å². The summed E-state index contributed by atoms with van der Waals surface area (Å²) in [6.07, 6.45) is 0.809. The molecule has 3 heterocycles. The van der Waals surface area contributed by atoms with Crippen LogP contribution in [0.1, 0.15) is 33.6 Å². The molecular formula is C21H32N4O5S.